The van der Waals surface area contributed by atoms with Crippen molar-refractivity contribution in [1.82, 2.24) is 10.3 Å². The first-order valence-electron chi connectivity index (χ1n) is 6.01. The van der Waals surface area contributed by atoms with Crippen LogP contribution in [0, 0.1) is 5.82 Å². The minimum Gasteiger partial charge on any atom is -0.398 e. The summed E-state index contributed by atoms with van der Waals surface area (Å²) < 4.78 is 13.9. The number of rotatable bonds is 4. The molecule has 0 saturated heterocycles. The molecule has 0 aliphatic heterocycles. The lowest BCUT2D eigenvalue weighted by Gasteiger charge is -2.21. The second-order valence-electron chi connectivity index (χ2n) is 4.16. The quantitative estimate of drug-likeness (QED) is 0.908. The zero-order chi connectivity index (χ0) is 13.8. The number of halogens is 2. The second kappa shape index (κ2) is 6.12. The van der Waals surface area contributed by atoms with E-state index in [1.807, 2.05) is 6.92 Å². The van der Waals surface area contributed by atoms with Gasteiger partial charge in [-0.15, -0.1) is 0 Å². The van der Waals surface area contributed by atoms with Gasteiger partial charge in [-0.3, -0.25) is 4.98 Å². The number of hydrogen-bond acceptors (Lipinski definition) is 3. The zero-order valence-corrected chi connectivity index (χ0v) is 12.1. The minimum absolute atomic E-state index is 0.117. The van der Waals surface area contributed by atoms with Gasteiger partial charge in [0.1, 0.15) is 5.82 Å². The molecular formula is C14H15BrFN3. The summed E-state index contributed by atoms with van der Waals surface area (Å²) >= 11 is 3.40. The standard InChI is InChI=1S/C14H15BrFN3/c1-2-19-14(11-8-18-6-5-13(11)17)10-4-3-9(16)7-12(10)15/h3-8,14,19H,2H2,1H3,(H2,17,18). The van der Waals surface area contributed by atoms with Crippen LogP contribution in [0.3, 0.4) is 0 Å². The van der Waals surface area contributed by atoms with Gasteiger partial charge in [-0.05, 0) is 30.3 Å². The normalized spacial score (nSPS) is 12.4. The van der Waals surface area contributed by atoms with Crippen LogP contribution in [0.4, 0.5) is 10.1 Å². The molecule has 0 radical (unpaired) electrons. The van der Waals surface area contributed by atoms with E-state index in [2.05, 4.69) is 26.2 Å². The van der Waals surface area contributed by atoms with Crippen molar-refractivity contribution < 1.29 is 4.39 Å². The number of nitrogens with two attached hydrogens (primary N) is 1. The van der Waals surface area contributed by atoms with Gasteiger partial charge in [0.15, 0.2) is 0 Å². The summed E-state index contributed by atoms with van der Waals surface area (Å²) in [4.78, 5) is 4.11. The molecular weight excluding hydrogens is 309 g/mol. The van der Waals surface area contributed by atoms with Crippen molar-refractivity contribution in [3.8, 4) is 0 Å². The highest BCUT2D eigenvalue weighted by molar-refractivity contribution is 9.10. The predicted molar refractivity (Wildman–Crippen MR) is 78.3 cm³/mol. The molecule has 1 unspecified atom stereocenters. The van der Waals surface area contributed by atoms with Crippen LogP contribution in [0.2, 0.25) is 0 Å². The van der Waals surface area contributed by atoms with E-state index in [1.54, 1.807) is 24.5 Å². The molecule has 0 amide bonds. The average Bonchev–Trinajstić information content (AvgIpc) is 2.38. The van der Waals surface area contributed by atoms with Crippen molar-refractivity contribution in [3.05, 3.63) is 58.1 Å². The average molecular weight is 324 g/mol. The van der Waals surface area contributed by atoms with E-state index in [1.165, 1.54) is 12.1 Å². The van der Waals surface area contributed by atoms with Crippen molar-refractivity contribution in [2.24, 2.45) is 0 Å². The first-order valence-corrected chi connectivity index (χ1v) is 6.80. The Bertz CT molecular complexity index is 574. The number of nitrogens with one attached hydrogen (secondary N) is 1. The van der Waals surface area contributed by atoms with Gasteiger partial charge in [-0.2, -0.15) is 0 Å². The Kier molecular flexibility index (Phi) is 4.50. The molecule has 0 aliphatic rings. The molecule has 100 valence electrons. The molecule has 3 N–H and O–H groups in total. The van der Waals surface area contributed by atoms with Crippen LogP contribution in [0.5, 0.6) is 0 Å². The van der Waals surface area contributed by atoms with Crippen LogP contribution >= 0.6 is 15.9 Å². The van der Waals surface area contributed by atoms with Crippen molar-refractivity contribution >= 4 is 21.6 Å². The first kappa shape index (κ1) is 14.0. The molecule has 19 heavy (non-hydrogen) atoms. The third kappa shape index (κ3) is 3.11. The topological polar surface area (TPSA) is 50.9 Å². The molecule has 1 heterocycles. The molecule has 3 nitrogen and oxygen atoms in total. The highest BCUT2D eigenvalue weighted by Gasteiger charge is 2.18. The number of aromatic nitrogens is 1. The fourth-order valence-corrected chi connectivity index (χ4v) is 2.57. The molecule has 1 atom stereocenters. The van der Waals surface area contributed by atoms with Crippen LogP contribution in [0.25, 0.3) is 0 Å². The Labute approximate surface area is 120 Å². The van der Waals surface area contributed by atoms with Crippen LogP contribution in [-0.4, -0.2) is 11.5 Å². The van der Waals surface area contributed by atoms with E-state index >= 15 is 0 Å². The Balaban J connectivity index is 2.48. The number of hydrogen-bond donors (Lipinski definition) is 2. The first-order chi connectivity index (χ1) is 9.13. The molecule has 2 rings (SSSR count). The lowest BCUT2D eigenvalue weighted by atomic mass is 9.99. The number of nitrogens with zero attached hydrogens (tertiary/aromatic N) is 1. The fourth-order valence-electron chi connectivity index (χ4n) is 1.99. The number of pyridine rings is 1. The predicted octanol–water partition coefficient (Wildman–Crippen LogP) is 3.26. The van der Waals surface area contributed by atoms with Crippen LogP contribution in [-0.2, 0) is 0 Å². The molecule has 0 saturated carbocycles. The Morgan fingerprint density at radius 3 is 2.79 bits per heavy atom. The van der Waals surface area contributed by atoms with E-state index < -0.39 is 0 Å². The second-order valence-corrected chi connectivity index (χ2v) is 5.02. The minimum atomic E-state index is -0.273. The van der Waals surface area contributed by atoms with E-state index in [4.69, 9.17) is 5.73 Å². The lowest BCUT2D eigenvalue weighted by molar-refractivity contribution is 0.611. The Hall–Kier alpha value is -1.46. The summed E-state index contributed by atoms with van der Waals surface area (Å²) in [5.74, 6) is -0.273. The third-order valence-corrected chi connectivity index (χ3v) is 3.57. The monoisotopic (exact) mass is 323 g/mol. The van der Waals surface area contributed by atoms with Crippen LogP contribution in [0.15, 0.2) is 41.1 Å². The molecule has 1 aromatic heterocycles. The molecule has 0 spiro atoms. The summed E-state index contributed by atoms with van der Waals surface area (Å²) in [5.41, 5.74) is 8.48. The van der Waals surface area contributed by atoms with Gasteiger partial charge < -0.3 is 11.1 Å². The van der Waals surface area contributed by atoms with Crippen molar-refractivity contribution in [3.63, 3.8) is 0 Å². The van der Waals surface area contributed by atoms with Gasteiger partial charge in [0, 0.05) is 28.1 Å². The van der Waals surface area contributed by atoms with E-state index in [-0.39, 0.29) is 11.9 Å². The van der Waals surface area contributed by atoms with Gasteiger partial charge >= 0.3 is 0 Å². The Morgan fingerprint density at radius 2 is 2.16 bits per heavy atom. The third-order valence-electron chi connectivity index (χ3n) is 2.88. The van der Waals surface area contributed by atoms with Gasteiger partial charge in [0.05, 0.1) is 6.04 Å². The molecule has 5 heteroatoms. The van der Waals surface area contributed by atoms with Crippen molar-refractivity contribution in [2.75, 3.05) is 12.3 Å². The lowest BCUT2D eigenvalue weighted by Crippen LogP contribution is -2.23. The van der Waals surface area contributed by atoms with Gasteiger partial charge in [-0.25, -0.2) is 4.39 Å². The van der Waals surface area contributed by atoms with E-state index in [9.17, 15) is 4.39 Å². The summed E-state index contributed by atoms with van der Waals surface area (Å²) in [5, 5.41) is 3.34. The smallest absolute Gasteiger partial charge is 0.124 e. The number of nitrogen functional groups attached to an aromatic ring is 1. The van der Waals surface area contributed by atoms with E-state index in [0.29, 0.717) is 10.2 Å². The molecule has 2 aromatic rings. The molecule has 0 bridgehead atoms. The van der Waals surface area contributed by atoms with E-state index in [0.717, 1.165) is 17.7 Å². The van der Waals surface area contributed by atoms with Gasteiger partial charge in [0.2, 0.25) is 0 Å². The summed E-state index contributed by atoms with van der Waals surface area (Å²) in [6.45, 7) is 2.78. The highest BCUT2D eigenvalue weighted by Crippen LogP contribution is 2.31. The number of anilines is 1. The number of benzene rings is 1. The summed E-state index contributed by atoms with van der Waals surface area (Å²) in [6.07, 6.45) is 3.39. The maximum atomic E-state index is 13.2. The van der Waals surface area contributed by atoms with Gasteiger partial charge in [0.25, 0.3) is 0 Å². The molecule has 0 fully saturated rings. The zero-order valence-electron chi connectivity index (χ0n) is 10.5. The van der Waals surface area contributed by atoms with Crippen molar-refractivity contribution in [1.29, 1.82) is 0 Å². The van der Waals surface area contributed by atoms with Crippen molar-refractivity contribution in [2.45, 2.75) is 13.0 Å². The SMILES string of the molecule is CCNC(c1cnccc1N)c1ccc(F)cc1Br. The Morgan fingerprint density at radius 1 is 1.37 bits per heavy atom. The highest BCUT2D eigenvalue weighted by atomic mass is 79.9. The van der Waals surface area contributed by atoms with Crippen LogP contribution in [0.1, 0.15) is 24.1 Å². The molecule has 0 aliphatic carbocycles. The largest absolute Gasteiger partial charge is 0.398 e. The summed E-state index contributed by atoms with van der Waals surface area (Å²) in [7, 11) is 0. The van der Waals surface area contributed by atoms with Crippen LogP contribution < -0.4 is 11.1 Å². The summed E-state index contributed by atoms with van der Waals surface area (Å²) in [6, 6.07) is 6.29. The molecule has 1 aromatic carbocycles. The maximum Gasteiger partial charge on any atom is 0.124 e. The van der Waals surface area contributed by atoms with Gasteiger partial charge in [-0.1, -0.05) is 28.9 Å². The fraction of sp³-hybridized carbons (Fsp3) is 0.214. The maximum absolute atomic E-state index is 13.2.